The van der Waals surface area contributed by atoms with Gasteiger partial charge in [0.1, 0.15) is 18.2 Å². The van der Waals surface area contributed by atoms with E-state index in [2.05, 4.69) is 10.5 Å². The zero-order chi connectivity index (χ0) is 25.5. The number of aromatic nitrogens is 1. The molecule has 1 amide bonds. The second-order valence-electron chi connectivity index (χ2n) is 8.96. The molecule has 0 aliphatic carbocycles. The molecule has 0 bridgehead atoms. The fourth-order valence-electron chi connectivity index (χ4n) is 4.40. The molecule has 0 unspecified atom stereocenters. The van der Waals surface area contributed by atoms with E-state index in [1.165, 1.54) is 12.1 Å². The molecule has 1 N–H and O–H groups in total. The van der Waals surface area contributed by atoms with Crippen LogP contribution < -0.4 is 14.8 Å². The fraction of sp³-hybridized carbons (Fsp3) is 0.357. The van der Waals surface area contributed by atoms with Crippen molar-refractivity contribution >= 4 is 12.0 Å². The number of nitrogens with one attached hydrogen (secondary N) is 1. The van der Waals surface area contributed by atoms with Crippen molar-refractivity contribution in [2.75, 3.05) is 26.9 Å². The van der Waals surface area contributed by atoms with E-state index in [1.807, 2.05) is 26.0 Å². The normalized spacial score (nSPS) is 15.1. The predicted molar refractivity (Wildman–Crippen MR) is 133 cm³/mol. The van der Waals surface area contributed by atoms with E-state index in [1.54, 1.807) is 37.5 Å². The van der Waals surface area contributed by atoms with E-state index >= 15 is 0 Å². The topological polar surface area (TPSA) is 82.8 Å². The number of methoxy groups -OCH3 is 1. The molecule has 2 heterocycles. The molecule has 1 aliphatic rings. The van der Waals surface area contributed by atoms with E-state index < -0.39 is 0 Å². The van der Waals surface area contributed by atoms with E-state index in [4.69, 9.17) is 18.7 Å². The molecule has 1 aliphatic heterocycles. The zero-order valence-corrected chi connectivity index (χ0v) is 20.8. The summed E-state index contributed by atoms with van der Waals surface area (Å²) in [4.78, 5) is 12.6. The standard InChI is InChI=1S/C28H31FN2O5/c1-19-24(20(2)36-31-19)17-35-25-9-7-21(15-26(25)33-3)8-10-27(32)30-18-28(11-13-34-14-12-28)22-5-4-6-23(29)16-22/h4-10,15-16H,11-14,17-18H2,1-3H3,(H,30,32). The number of aryl methyl sites for hydroxylation is 2. The summed E-state index contributed by atoms with van der Waals surface area (Å²) in [6.45, 7) is 5.58. The van der Waals surface area contributed by atoms with Crippen LogP contribution in [0.1, 0.15) is 41.0 Å². The van der Waals surface area contributed by atoms with Crippen molar-refractivity contribution < 1.29 is 27.9 Å². The van der Waals surface area contributed by atoms with Gasteiger partial charge < -0.3 is 24.1 Å². The Balaban J connectivity index is 1.39. The molecule has 0 atom stereocenters. The third-order valence-electron chi connectivity index (χ3n) is 6.66. The summed E-state index contributed by atoms with van der Waals surface area (Å²) in [6.07, 6.45) is 4.63. The average Bonchev–Trinajstić information content (AvgIpc) is 3.22. The number of rotatable bonds is 9. The maximum atomic E-state index is 13.9. The van der Waals surface area contributed by atoms with E-state index in [0.29, 0.717) is 50.7 Å². The number of amides is 1. The van der Waals surface area contributed by atoms with Gasteiger partial charge in [0.15, 0.2) is 11.5 Å². The summed E-state index contributed by atoms with van der Waals surface area (Å²) >= 11 is 0. The van der Waals surface area contributed by atoms with Gasteiger partial charge in [-0.05, 0) is 68.2 Å². The van der Waals surface area contributed by atoms with Crippen LogP contribution in [0.5, 0.6) is 11.5 Å². The molecule has 8 heteroatoms. The van der Waals surface area contributed by atoms with Gasteiger partial charge in [-0.2, -0.15) is 0 Å². The first kappa shape index (κ1) is 25.4. The third kappa shape index (κ3) is 5.94. The molecular weight excluding hydrogens is 463 g/mol. The summed E-state index contributed by atoms with van der Waals surface area (Å²) in [5, 5.41) is 6.93. The first-order valence-electron chi connectivity index (χ1n) is 11.9. The van der Waals surface area contributed by atoms with Crippen LogP contribution in [0.25, 0.3) is 6.08 Å². The van der Waals surface area contributed by atoms with Crippen molar-refractivity contribution in [3.63, 3.8) is 0 Å². The Morgan fingerprint density at radius 2 is 1.97 bits per heavy atom. The van der Waals surface area contributed by atoms with Crippen molar-refractivity contribution in [1.82, 2.24) is 10.5 Å². The van der Waals surface area contributed by atoms with Crippen molar-refractivity contribution in [3.8, 4) is 11.5 Å². The van der Waals surface area contributed by atoms with Crippen molar-refractivity contribution in [2.24, 2.45) is 0 Å². The minimum Gasteiger partial charge on any atom is -0.493 e. The lowest BCUT2D eigenvalue weighted by molar-refractivity contribution is -0.116. The van der Waals surface area contributed by atoms with Crippen LogP contribution in [-0.4, -0.2) is 37.9 Å². The molecular formula is C28H31FN2O5. The van der Waals surface area contributed by atoms with Crippen LogP contribution in [0.2, 0.25) is 0 Å². The number of hydrogen-bond acceptors (Lipinski definition) is 6. The molecule has 7 nitrogen and oxygen atoms in total. The van der Waals surface area contributed by atoms with Crippen LogP contribution in [0, 0.1) is 19.7 Å². The van der Waals surface area contributed by atoms with E-state index in [9.17, 15) is 9.18 Å². The smallest absolute Gasteiger partial charge is 0.244 e. The molecule has 1 fully saturated rings. The van der Waals surface area contributed by atoms with E-state index in [0.717, 1.165) is 28.1 Å². The van der Waals surface area contributed by atoms with Gasteiger partial charge in [0.2, 0.25) is 5.91 Å². The molecule has 0 spiro atoms. The highest BCUT2D eigenvalue weighted by molar-refractivity contribution is 5.91. The van der Waals surface area contributed by atoms with Gasteiger partial charge in [-0.25, -0.2) is 4.39 Å². The number of carbonyl (C=O) groups is 1. The highest BCUT2D eigenvalue weighted by Crippen LogP contribution is 2.35. The number of benzene rings is 2. The van der Waals surface area contributed by atoms with Crippen molar-refractivity contribution in [1.29, 1.82) is 0 Å². The van der Waals surface area contributed by atoms with Crippen molar-refractivity contribution in [3.05, 3.63) is 82.5 Å². The molecule has 0 radical (unpaired) electrons. The lowest BCUT2D eigenvalue weighted by atomic mass is 9.74. The van der Waals surface area contributed by atoms with Gasteiger partial charge in [-0.1, -0.05) is 23.4 Å². The Kier molecular flexibility index (Phi) is 8.05. The second kappa shape index (κ2) is 11.4. The minimum absolute atomic E-state index is 0.227. The number of halogens is 1. The van der Waals surface area contributed by atoms with Crippen LogP contribution in [0.4, 0.5) is 4.39 Å². The molecule has 36 heavy (non-hydrogen) atoms. The van der Waals surface area contributed by atoms with Crippen LogP contribution in [0.15, 0.2) is 53.1 Å². The first-order chi connectivity index (χ1) is 17.4. The van der Waals surface area contributed by atoms with Crippen LogP contribution in [0.3, 0.4) is 0 Å². The summed E-state index contributed by atoms with van der Waals surface area (Å²) in [7, 11) is 1.57. The monoisotopic (exact) mass is 494 g/mol. The summed E-state index contributed by atoms with van der Waals surface area (Å²) in [6, 6.07) is 12.1. The lowest BCUT2D eigenvalue weighted by Gasteiger charge is -2.37. The molecule has 0 saturated carbocycles. The number of ether oxygens (including phenoxy) is 3. The molecule has 2 aromatic carbocycles. The molecule has 3 aromatic rings. The lowest BCUT2D eigenvalue weighted by Crippen LogP contribution is -2.44. The van der Waals surface area contributed by atoms with Gasteiger partial charge in [0, 0.05) is 31.2 Å². The Hall–Kier alpha value is -3.65. The van der Waals surface area contributed by atoms with Gasteiger partial charge in [0.05, 0.1) is 18.4 Å². The van der Waals surface area contributed by atoms with Crippen LogP contribution in [-0.2, 0) is 21.6 Å². The number of hydrogen-bond donors (Lipinski definition) is 1. The Morgan fingerprint density at radius 3 is 2.67 bits per heavy atom. The Morgan fingerprint density at radius 1 is 1.17 bits per heavy atom. The molecule has 1 aromatic heterocycles. The maximum absolute atomic E-state index is 13.9. The molecule has 190 valence electrons. The zero-order valence-electron chi connectivity index (χ0n) is 20.8. The van der Waals surface area contributed by atoms with Gasteiger partial charge >= 0.3 is 0 Å². The van der Waals surface area contributed by atoms with Crippen LogP contribution >= 0.6 is 0 Å². The molecule has 1 saturated heterocycles. The Labute approximate surface area is 210 Å². The minimum atomic E-state index is -0.354. The predicted octanol–water partition coefficient (Wildman–Crippen LogP) is 4.90. The average molecular weight is 495 g/mol. The van der Waals surface area contributed by atoms with Gasteiger partial charge in [0.25, 0.3) is 0 Å². The van der Waals surface area contributed by atoms with Gasteiger partial charge in [-0.15, -0.1) is 0 Å². The highest BCUT2D eigenvalue weighted by atomic mass is 19.1. The summed E-state index contributed by atoms with van der Waals surface area (Å²) in [5.41, 5.74) is 3.01. The highest BCUT2D eigenvalue weighted by Gasteiger charge is 2.35. The van der Waals surface area contributed by atoms with E-state index in [-0.39, 0.29) is 17.1 Å². The molecule has 4 rings (SSSR count). The number of carbonyl (C=O) groups excluding carboxylic acids is 1. The summed E-state index contributed by atoms with van der Waals surface area (Å²) in [5.74, 6) is 1.34. The second-order valence-corrected chi connectivity index (χ2v) is 8.96. The van der Waals surface area contributed by atoms with Gasteiger partial charge in [-0.3, -0.25) is 4.79 Å². The SMILES string of the molecule is COc1cc(C=CC(=O)NCC2(c3cccc(F)c3)CCOCC2)ccc1OCc1c(C)noc1C. The summed E-state index contributed by atoms with van der Waals surface area (Å²) < 4.78 is 36.0. The van der Waals surface area contributed by atoms with Crippen molar-refractivity contribution in [2.45, 2.75) is 38.7 Å². The maximum Gasteiger partial charge on any atom is 0.244 e. The first-order valence-corrected chi connectivity index (χ1v) is 11.9. The number of nitrogens with zero attached hydrogens (tertiary/aromatic N) is 1. The fourth-order valence-corrected chi connectivity index (χ4v) is 4.40. The largest absolute Gasteiger partial charge is 0.493 e. The quantitative estimate of drug-likeness (QED) is 0.426. The Bertz CT molecular complexity index is 1210. The third-order valence-corrected chi connectivity index (χ3v) is 6.66.